The predicted octanol–water partition coefficient (Wildman–Crippen LogP) is 3.28. The number of amides is 1. The first-order valence-electron chi connectivity index (χ1n) is 6.91. The molecule has 1 aliphatic carbocycles. The van der Waals surface area contributed by atoms with Gasteiger partial charge in [0.1, 0.15) is 5.75 Å². The van der Waals surface area contributed by atoms with Crippen LogP contribution in [0.4, 0.5) is 14.5 Å². The molecular weight excluding hydrogens is 328 g/mol. The molecule has 0 saturated heterocycles. The highest BCUT2D eigenvalue weighted by Gasteiger charge is 2.29. The molecule has 0 unspecified atom stereocenters. The summed E-state index contributed by atoms with van der Waals surface area (Å²) in [5.74, 6) is 0.887. The molecule has 0 radical (unpaired) electrons. The van der Waals surface area contributed by atoms with Gasteiger partial charge in [-0.1, -0.05) is 11.8 Å². The maximum atomic E-state index is 12.0. The predicted molar refractivity (Wildman–Crippen MR) is 78.7 cm³/mol. The number of nitrogens with zero attached hydrogens (tertiary/aromatic N) is 2. The van der Waals surface area contributed by atoms with Gasteiger partial charge in [-0.2, -0.15) is 8.78 Å². The van der Waals surface area contributed by atoms with Crippen molar-refractivity contribution in [2.24, 2.45) is 0 Å². The van der Waals surface area contributed by atoms with E-state index in [9.17, 15) is 13.6 Å². The molecule has 1 heterocycles. The quantitative estimate of drug-likeness (QED) is 0.779. The number of halogens is 2. The topological polar surface area (TPSA) is 77.2 Å². The van der Waals surface area contributed by atoms with Crippen LogP contribution in [-0.2, 0) is 4.79 Å². The summed E-state index contributed by atoms with van der Waals surface area (Å²) in [6.45, 7) is -2.87. The molecule has 0 spiro atoms. The second-order valence-electron chi connectivity index (χ2n) is 4.92. The van der Waals surface area contributed by atoms with E-state index in [1.54, 1.807) is 0 Å². The number of benzene rings is 1. The second kappa shape index (κ2) is 6.95. The lowest BCUT2D eigenvalue weighted by molar-refractivity contribution is -0.113. The Morgan fingerprint density at radius 2 is 2.09 bits per heavy atom. The number of anilines is 1. The van der Waals surface area contributed by atoms with E-state index in [-0.39, 0.29) is 17.4 Å². The number of hydrogen-bond donors (Lipinski definition) is 1. The van der Waals surface area contributed by atoms with Crippen LogP contribution in [0.3, 0.4) is 0 Å². The third kappa shape index (κ3) is 4.65. The lowest BCUT2D eigenvalue weighted by Gasteiger charge is -2.06. The number of thioether (sulfide) groups is 1. The van der Waals surface area contributed by atoms with Gasteiger partial charge < -0.3 is 14.5 Å². The normalized spacial score (nSPS) is 14.0. The van der Waals surface area contributed by atoms with Gasteiger partial charge in [0.05, 0.1) is 5.75 Å². The van der Waals surface area contributed by atoms with E-state index in [0.29, 0.717) is 22.7 Å². The van der Waals surface area contributed by atoms with Gasteiger partial charge in [0.15, 0.2) is 0 Å². The number of ether oxygens (including phenoxy) is 1. The smallest absolute Gasteiger partial charge is 0.387 e. The number of nitrogens with one attached hydrogen (secondary N) is 1. The fourth-order valence-electron chi connectivity index (χ4n) is 1.82. The minimum atomic E-state index is -2.87. The van der Waals surface area contributed by atoms with Crippen LogP contribution >= 0.6 is 11.8 Å². The molecular formula is C14H13F2N3O3S. The van der Waals surface area contributed by atoms with Crippen molar-refractivity contribution in [1.82, 2.24) is 10.2 Å². The van der Waals surface area contributed by atoms with Crippen molar-refractivity contribution in [2.75, 3.05) is 11.1 Å². The zero-order valence-corrected chi connectivity index (χ0v) is 12.7. The lowest BCUT2D eigenvalue weighted by atomic mass is 10.3. The van der Waals surface area contributed by atoms with Crippen molar-refractivity contribution >= 4 is 23.4 Å². The maximum absolute atomic E-state index is 12.0. The number of carbonyl (C=O) groups excluding carboxylic acids is 1. The average molecular weight is 341 g/mol. The highest BCUT2D eigenvalue weighted by Crippen LogP contribution is 2.39. The Bertz CT molecular complexity index is 674. The second-order valence-corrected chi connectivity index (χ2v) is 5.85. The third-order valence-electron chi connectivity index (χ3n) is 3.04. The number of rotatable bonds is 7. The van der Waals surface area contributed by atoms with Crippen LogP contribution in [0.15, 0.2) is 33.9 Å². The van der Waals surface area contributed by atoms with Gasteiger partial charge in [-0.15, -0.1) is 10.2 Å². The molecule has 23 heavy (non-hydrogen) atoms. The van der Waals surface area contributed by atoms with Crippen LogP contribution < -0.4 is 10.1 Å². The van der Waals surface area contributed by atoms with E-state index in [1.807, 2.05) is 0 Å². The van der Waals surface area contributed by atoms with Crippen LogP contribution in [0.1, 0.15) is 24.7 Å². The SMILES string of the molecule is O=C(CSc1nnc(C2CC2)o1)Nc1ccc(OC(F)F)cc1. The molecule has 0 aliphatic heterocycles. The molecule has 1 saturated carbocycles. The molecule has 1 amide bonds. The number of carbonyl (C=O) groups is 1. The Kier molecular flexibility index (Phi) is 4.75. The summed E-state index contributed by atoms with van der Waals surface area (Å²) in [6.07, 6.45) is 2.14. The number of alkyl halides is 2. The first-order chi connectivity index (χ1) is 11.1. The molecule has 0 atom stereocenters. The summed E-state index contributed by atoms with van der Waals surface area (Å²) in [4.78, 5) is 11.8. The van der Waals surface area contributed by atoms with Gasteiger partial charge >= 0.3 is 6.61 Å². The molecule has 9 heteroatoms. The Hall–Kier alpha value is -2.16. The summed E-state index contributed by atoms with van der Waals surface area (Å²) < 4.78 is 33.7. The zero-order valence-electron chi connectivity index (χ0n) is 11.9. The fourth-order valence-corrected chi connectivity index (χ4v) is 2.39. The third-order valence-corrected chi connectivity index (χ3v) is 3.86. The number of aromatic nitrogens is 2. The summed E-state index contributed by atoms with van der Waals surface area (Å²) in [6, 6.07) is 5.68. The van der Waals surface area contributed by atoms with Crippen molar-refractivity contribution in [1.29, 1.82) is 0 Å². The van der Waals surface area contributed by atoms with Crippen LogP contribution in [0, 0.1) is 0 Å². The molecule has 1 fully saturated rings. The summed E-state index contributed by atoms with van der Waals surface area (Å²) in [7, 11) is 0. The Balaban J connectivity index is 1.46. The molecule has 1 aromatic heterocycles. The van der Waals surface area contributed by atoms with Crippen molar-refractivity contribution in [2.45, 2.75) is 30.6 Å². The van der Waals surface area contributed by atoms with E-state index < -0.39 is 6.61 Å². The van der Waals surface area contributed by atoms with E-state index in [1.165, 1.54) is 24.3 Å². The summed E-state index contributed by atoms with van der Waals surface area (Å²) >= 11 is 1.15. The average Bonchev–Trinajstić information content (AvgIpc) is 3.26. The van der Waals surface area contributed by atoms with Gasteiger partial charge in [-0.05, 0) is 37.1 Å². The fraction of sp³-hybridized carbons (Fsp3) is 0.357. The maximum Gasteiger partial charge on any atom is 0.387 e. The molecule has 1 aromatic carbocycles. The molecule has 3 rings (SSSR count). The zero-order chi connectivity index (χ0) is 16.2. The Morgan fingerprint density at radius 1 is 1.35 bits per heavy atom. The van der Waals surface area contributed by atoms with Crippen molar-refractivity contribution in [3.05, 3.63) is 30.2 Å². The summed E-state index contributed by atoms with van der Waals surface area (Å²) in [5.41, 5.74) is 0.487. The van der Waals surface area contributed by atoms with Gasteiger partial charge in [0, 0.05) is 11.6 Å². The molecule has 122 valence electrons. The first kappa shape index (κ1) is 15.7. The Morgan fingerprint density at radius 3 is 2.74 bits per heavy atom. The van der Waals surface area contributed by atoms with Crippen molar-refractivity contribution in [3.63, 3.8) is 0 Å². The highest BCUT2D eigenvalue weighted by atomic mass is 32.2. The van der Waals surface area contributed by atoms with Crippen LogP contribution in [0.5, 0.6) is 5.75 Å². The van der Waals surface area contributed by atoms with Crippen molar-refractivity contribution in [3.8, 4) is 5.75 Å². The molecule has 6 nitrogen and oxygen atoms in total. The van der Waals surface area contributed by atoms with E-state index in [4.69, 9.17) is 4.42 Å². The standard InChI is InChI=1S/C14H13F2N3O3S/c15-13(16)21-10-5-3-9(4-6-10)17-11(20)7-23-14-19-18-12(22-14)8-1-2-8/h3-6,8,13H,1-2,7H2,(H,17,20). The molecule has 1 aliphatic rings. The summed E-state index contributed by atoms with van der Waals surface area (Å²) in [5, 5.41) is 10.8. The van der Waals surface area contributed by atoms with Gasteiger partial charge in [0.25, 0.3) is 5.22 Å². The molecule has 2 aromatic rings. The van der Waals surface area contributed by atoms with E-state index in [0.717, 1.165) is 24.6 Å². The molecule has 0 bridgehead atoms. The monoisotopic (exact) mass is 341 g/mol. The van der Waals surface area contributed by atoms with Crippen LogP contribution in [-0.4, -0.2) is 28.5 Å². The Labute approximate surface area is 134 Å². The van der Waals surface area contributed by atoms with E-state index in [2.05, 4.69) is 20.3 Å². The van der Waals surface area contributed by atoms with Crippen LogP contribution in [0.2, 0.25) is 0 Å². The van der Waals surface area contributed by atoms with Gasteiger partial charge in [-0.3, -0.25) is 4.79 Å². The van der Waals surface area contributed by atoms with Crippen molar-refractivity contribution < 1.29 is 22.7 Å². The number of hydrogen-bond acceptors (Lipinski definition) is 6. The first-order valence-corrected chi connectivity index (χ1v) is 7.89. The van der Waals surface area contributed by atoms with E-state index >= 15 is 0 Å². The lowest BCUT2D eigenvalue weighted by Crippen LogP contribution is -2.14. The van der Waals surface area contributed by atoms with Crippen LogP contribution in [0.25, 0.3) is 0 Å². The van der Waals surface area contributed by atoms with Gasteiger partial charge in [0.2, 0.25) is 11.8 Å². The minimum Gasteiger partial charge on any atom is -0.435 e. The minimum absolute atomic E-state index is 0.0332. The highest BCUT2D eigenvalue weighted by molar-refractivity contribution is 7.99. The molecule has 1 N–H and O–H groups in total. The van der Waals surface area contributed by atoms with Gasteiger partial charge in [-0.25, -0.2) is 0 Å². The largest absolute Gasteiger partial charge is 0.435 e.